The van der Waals surface area contributed by atoms with E-state index < -0.39 is 11.7 Å². The standard InChI is InChI=1S/C14H22N2O4/c1-14(2,3)20-13(18)16-10-7-9(5-6-15)8-11(19-4)12(10)17/h7-8,17H,5-6,15H2,1-4H3,(H,16,18). The number of amides is 1. The van der Waals surface area contributed by atoms with E-state index in [1.54, 1.807) is 32.9 Å². The second-order valence-corrected chi connectivity index (χ2v) is 5.36. The van der Waals surface area contributed by atoms with E-state index in [1.807, 2.05) is 0 Å². The van der Waals surface area contributed by atoms with Crippen LogP contribution in [-0.2, 0) is 11.2 Å². The van der Waals surface area contributed by atoms with Gasteiger partial charge in [0.25, 0.3) is 0 Å². The van der Waals surface area contributed by atoms with Gasteiger partial charge in [-0.1, -0.05) is 0 Å². The largest absolute Gasteiger partial charge is 0.503 e. The van der Waals surface area contributed by atoms with Crippen LogP contribution in [0.25, 0.3) is 0 Å². The molecule has 1 amide bonds. The summed E-state index contributed by atoms with van der Waals surface area (Å²) in [6.45, 7) is 5.74. The van der Waals surface area contributed by atoms with Crippen LogP contribution in [0, 0.1) is 0 Å². The summed E-state index contributed by atoms with van der Waals surface area (Å²) >= 11 is 0. The van der Waals surface area contributed by atoms with Crippen molar-refractivity contribution in [3.8, 4) is 11.5 Å². The van der Waals surface area contributed by atoms with Crippen molar-refractivity contribution in [1.29, 1.82) is 0 Å². The average molecular weight is 282 g/mol. The lowest BCUT2D eigenvalue weighted by molar-refractivity contribution is 0.0635. The minimum atomic E-state index is -0.639. The molecule has 6 nitrogen and oxygen atoms in total. The van der Waals surface area contributed by atoms with Crippen LogP contribution < -0.4 is 15.8 Å². The molecule has 0 aliphatic rings. The zero-order valence-corrected chi connectivity index (χ0v) is 12.3. The minimum absolute atomic E-state index is 0.140. The zero-order chi connectivity index (χ0) is 15.3. The van der Waals surface area contributed by atoms with Crippen LogP contribution in [0.3, 0.4) is 0 Å². The molecule has 0 saturated carbocycles. The first-order valence-corrected chi connectivity index (χ1v) is 6.36. The van der Waals surface area contributed by atoms with Gasteiger partial charge in [0.05, 0.1) is 12.8 Å². The van der Waals surface area contributed by atoms with Crippen LogP contribution in [0.2, 0.25) is 0 Å². The van der Waals surface area contributed by atoms with Crippen LogP contribution in [0.1, 0.15) is 26.3 Å². The Morgan fingerprint density at radius 1 is 1.40 bits per heavy atom. The number of hydrogen-bond donors (Lipinski definition) is 3. The maximum absolute atomic E-state index is 11.7. The first kappa shape index (κ1) is 16.1. The Hall–Kier alpha value is -1.95. The molecule has 1 aromatic rings. The molecule has 0 spiro atoms. The molecule has 0 aliphatic carbocycles. The molecule has 0 bridgehead atoms. The molecule has 0 aromatic heterocycles. The fourth-order valence-corrected chi connectivity index (χ4v) is 1.64. The fraction of sp³-hybridized carbons (Fsp3) is 0.500. The van der Waals surface area contributed by atoms with E-state index in [0.717, 1.165) is 5.56 Å². The molecule has 4 N–H and O–H groups in total. The number of hydrogen-bond acceptors (Lipinski definition) is 5. The SMILES string of the molecule is COc1cc(CCN)cc(NC(=O)OC(C)(C)C)c1O. The molecule has 0 saturated heterocycles. The van der Waals surface area contributed by atoms with E-state index in [0.29, 0.717) is 13.0 Å². The Kier molecular flexibility index (Phi) is 5.21. The highest BCUT2D eigenvalue weighted by molar-refractivity contribution is 5.88. The molecule has 1 aromatic carbocycles. The predicted molar refractivity (Wildman–Crippen MR) is 77.3 cm³/mol. The van der Waals surface area contributed by atoms with Gasteiger partial charge < -0.3 is 20.3 Å². The first-order chi connectivity index (χ1) is 9.26. The molecule has 0 aliphatic heterocycles. The maximum atomic E-state index is 11.7. The molecule has 20 heavy (non-hydrogen) atoms. The quantitative estimate of drug-likeness (QED) is 0.736. The van der Waals surface area contributed by atoms with E-state index in [9.17, 15) is 9.90 Å². The number of carbonyl (C=O) groups is 1. The number of anilines is 1. The number of phenols is 1. The third kappa shape index (κ3) is 4.62. The highest BCUT2D eigenvalue weighted by Gasteiger charge is 2.19. The molecular weight excluding hydrogens is 260 g/mol. The Bertz CT molecular complexity index is 481. The number of carbonyl (C=O) groups excluding carboxylic acids is 1. The monoisotopic (exact) mass is 282 g/mol. The van der Waals surface area contributed by atoms with Crippen LogP contribution >= 0.6 is 0 Å². The number of phenolic OH excluding ortho intramolecular Hbond substituents is 1. The van der Waals surface area contributed by atoms with Crippen LogP contribution in [0.15, 0.2) is 12.1 Å². The van der Waals surface area contributed by atoms with E-state index in [-0.39, 0.29) is 17.2 Å². The van der Waals surface area contributed by atoms with Gasteiger partial charge >= 0.3 is 6.09 Å². The fourth-order valence-electron chi connectivity index (χ4n) is 1.64. The predicted octanol–water partition coefficient (Wildman–Crippen LogP) is 2.25. The summed E-state index contributed by atoms with van der Waals surface area (Å²) < 4.78 is 10.2. The van der Waals surface area contributed by atoms with Crippen molar-refractivity contribution in [3.63, 3.8) is 0 Å². The number of benzene rings is 1. The molecule has 0 fully saturated rings. The molecular formula is C14H22N2O4. The van der Waals surface area contributed by atoms with Crippen molar-refractivity contribution >= 4 is 11.8 Å². The number of methoxy groups -OCH3 is 1. The maximum Gasteiger partial charge on any atom is 0.412 e. The van der Waals surface area contributed by atoms with E-state index in [2.05, 4.69) is 5.32 Å². The van der Waals surface area contributed by atoms with Crippen LogP contribution in [0.4, 0.5) is 10.5 Å². The third-order valence-electron chi connectivity index (χ3n) is 2.42. The molecule has 0 radical (unpaired) electrons. The van der Waals surface area contributed by atoms with Crippen molar-refractivity contribution in [2.75, 3.05) is 19.0 Å². The summed E-state index contributed by atoms with van der Waals surface area (Å²) in [5.41, 5.74) is 5.99. The van der Waals surface area contributed by atoms with Crippen molar-refractivity contribution in [1.82, 2.24) is 0 Å². The minimum Gasteiger partial charge on any atom is -0.503 e. The van der Waals surface area contributed by atoms with Gasteiger partial charge in [-0.15, -0.1) is 0 Å². The number of nitrogens with one attached hydrogen (secondary N) is 1. The summed E-state index contributed by atoms with van der Waals surface area (Å²) in [4.78, 5) is 11.7. The second kappa shape index (κ2) is 6.47. The summed E-state index contributed by atoms with van der Waals surface area (Å²) in [7, 11) is 1.44. The normalized spacial score (nSPS) is 11.1. The lowest BCUT2D eigenvalue weighted by atomic mass is 10.1. The highest BCUT2D eigenvalue weighted by atomic mass is 16.6. The molecule has 0 unspecified atom stereocenters. The molecule has 1 rings (SSSR count). The van der Waals surface area contributed by atoms with Gasteiger partial charge in [0, 0.05) is 0 Å². The van der Waals surface area contributed by atoms with Crippen molar-refractivity contribution in [3.05, 3.63) is 17.7 Å². The number of nitrogens with two attached hydrogens (primary N) is 1. The van der Waals surface area contributed by atoms with Crippen molar-refractivity contribution in [2.24, 2.45) is 5.73 Å². The summed E-state index contributed by atoms with van der Waals surface area (Å²) in [5.74, 6) is 0.140. The number of rotatable bonds is 4. The van der Waals surface area contributed by atoms with Crippen molar-refractivity contribution in [2.45, 2.75) is 32.8 Å². The second-order valence-electron chi connectivity index (χ2n) is 5.36. The Balaban J connectivity index is 2.98. The molecule has 6 heteroatoms. The average Bonchev–Trinajstić information content (AvgIpc) is 2.31. The van der Waals surface area contributed by atoms with Crippen LogP contribution in [-0.4, -0.2) is 30.5 Å². The Morgan fingerprint density at radius 3 is 2.55 bits per heavy atom. The van der Waals surface area contributed by atoms with Gasteiger partial charge in [-0.25, -0.2) is 4.79 Å². The Labute approximate surface area is 118 Å². The van der Waals surface area contributed by atoms with Gasteiger partial charge in [0.1, 0.15) is 5.60 Å². The zero-order valence-electron chi connectivity index (χ0n) is 12.3. The van der Waals surface area contributed by atoms with Gasteiger partial charge in [-0.3, -0.25) is 5.32 Å². The van der Waals surface area contributed by atoms with E-state index in [4.69, 9.17) is 15.2 Å². The van der Waals surface area contributed by atoms with E-state index in [1.165, 1.54) is 7.11 Å². The first-order valence-electron chi connectivity index (χ1n) is 6.36. The lowest BCUT2D eigenvalue weighted by Gasteiger charge is -2.20. The van der Waals surface area contributed by atoms with Crippen molar-refractivity contribution < 1.29 is 19.4 Å². The highest BCUT2D eigenvalue weighted by Crippen LogP contribution is 2.35. The van der Waals surface area contributed by atoms with Gasteiger partial charge in [-0.05, 0) is 51.4 Å². The van der Waals surface area contributed by atoms with Crippen LogP contribution in [0.5, 0.6) is 11.5 Å². The lowest BCUT2D eigenvalue weighted by Crippen LogP contribution is -2.27. The smallest absolute Gasteiger partial charge is 0.412 e. The Morgan fingerprint density at radius 2 is 2.05 bits per heavy atom. The van der Waals surface area contributed by atoms with Gasteiger partial charge in [-0.2, -0.15) is 0 Å². The van der Waals surface area contributed by atoms with Gasteiger partial charge in [0.2, 0.25) is 0 Å². The third-order valence-corrected chi connectivity index (χ3v) is 2.42. The summed E-state index contributed by atoms with van der Waals surface area (Å²) in [5, 5.41) is 12.5. The number of aromatic hydroxyl groups is 1. The number of ether oxygens (including phenoxy) is 2. The summed E-state index contributed by atoms with van der Waals surface area (Å²) in [6, 6.07) is 3.33. The summed E-state index contributed by atoms with van der Waals surface area (Å²) in [6.07, 6.45) is -0.0284. The molecule has 112 valence electrons. The molecule has 0 heterocycles. The topological polar surface area (TPSA) is 93.8 Å². The van der Waals surface area contributed by atoms with E-state index >= 15 is 0 Å². The van der Waals surface area contributed by atoms with Gasteiger partial charge in [0.15, 0.2) is 11.5 Å². The molecule has 0 atom stereocenters.